The molecule has 0 unspecified atom stereocenters. The molecule has 7 nitrogen and oxygen atoms in total. The molecule has 45 heavy (non-hydrogen) atoms. The molecule has 0 radical (unpaired) electrons. The van der Waals surface area contributed by atoms with E-state index in [4.69, 9.17) is 4.74 Å². The summed E-state index contributed by atoms with van der Waals surface area (Å²) < 4.78 is 5.31. The van der Waals surface area contributed by atoms with Gasteiger partial charge in [-0.15, -0.1) is 11.8 Å². The van der Waals surface area contributed by atoms with Crippen LogP contribution in [-0.4, -0.2) is 30.6 Å². The maximum absolute atomic E-state index is 13.5. The van der Waals surface area contributed by atoms with Crippen LogP contribution in [0.5, 0.6) is 5.75 Å². The molecule has 5 aromatic carbocycles. The van der Waals surface area contributed by atoms with Crippen molar-refractivity contribution in [3.63, 3.8) is 0 Å². The first-order chi connectivity index (χ1) is 22.0. The van der Waals surface area contributed by atoms with Gasteiger partial charge in [-0.05, 0) is 78.4 Å². The van der Waals surface area contributed by atoms with Crippen LogP contribution in [0.3, 0.4) is 0 Å². The monoisotopic (exact) mass is 613 g/mol. The first-order valence-corrected chi connectivity index (χ1v) is 15.2. The number of ether oxygens (including phenoxy) is 1. The summed E-state index contributed by atoms with van der Waals surface area (Å²) in [6.45, 7) is 0. The van der Waals surface area contributed by atoms with Crippen molar-refractivity contribution >= 4 is 52.6 Å². The topological polar surface area (TPSA) is 87.7 Å². The lowest BCUT2D eigenvalue weighted by atomic mass is 10.1. The predicted molar refractivity (Wildman–Crippen MR) is 181 cm³/mol. The van der Waals surface area contributed by atoms with Gasteiger partial charge >= 0.3 is 0 Å². The van der Waals surface area contributed by atoms with Crippen molar-refractivity contribution in [2.24, 2.45) is 0 Å². The Bertz CT molecular complexity index is 1760. The fourth-order valence-corrected chi connectivity index (χ4v) is 5.31. The number of thioether (sulfide) groups is 1. The molecule has 0 heterocycles. The lowest BCUT2D eigenvalue weighted by Gasteiger charge is -2.23. The summed E-state index contributed by atoms with van der Waals surface area (Å²) in [7, 11) is 1.56. The summed E-state index contributed by atoms with van der Waals surface area (Å²) in [6, 6.07) is 42.1. The van der Waals surface area contributed by atoms with E-state index in [1.165, 1.54) is 11.8 Å². The Labute approximate surface area is 266 Å². The second-order valence-electron chi connectivity index (χ2n) is 9.83. The second kappa shape index (κ2) is 15.2. The van der Waals surface area contributed by atoms with Crippen LogP contribution in [0.15, 0.2) is 150 Å². The van der Waals surface area contributed by atoms with Gasteiger partial charge < -0.3 is 15.4 Å². The first-order valence-electron chi connectivity index (χ1n) is 14.2. The number of benzene rings is 5. The van der Waals surface area contributed by atoms with Crippen molar-refractivity contribution in [2.75, 3.05) is 23.1 Å². The number of hydrogen-bond acceptors (Lipinski definition) is 5. The van der Waals surface area contributed by atoms with E-state index < -0.39 is 11.8 Å². The standard InChI is InChI=1S/C37H31N3O4S/c1-44-32-21-11-13-27(23-32)24-34(39-36(42)28-14-5-2-6-15-28)37(43)38-29-16-12-22-33(25-29)45-26-35(41)40(30-17-7-3-8-18-30)31-19-9-4-10-20-31/h2-25H,26H2,1H3,(H,38,43)(H,39,42)/b34-24-. The SMILES string of the molecule is COc1cccc(/C=C(\NC(=O)c2ccccc2)C(=O)Nc2cccc(SCC(=O)N(c3ccccc3)c3ccccc3)c2)c1. The highest BCUT2D eigenvalue weighted by Crippen LogP contribution is 2.28. The van der Waals surface area contributed by atoms with Crippen LogP contribution in [0.2, 0.25) is 0 Å². The molecule has 8 heteroatoms. The number of rotatable bonds is 11. The maximum atomic E-state index is 13.5. The van der Waals surface area contributed by atoms with E-state index in [0.717, 1.165) is 16.3 Å². The van der Waals surface area contributed by atoms with Crippen LogP contribution in [0.4, 0.5) is 17.1 Å². The van der Waals surface area contributed by atoms with E-state index in [9.17, 15) is 14.4 Å². The average Bonchev–Trinajstić information content (AvgIpc) is 3.09. The summed E-state index contributed by atoms with van der Waals surface area (Å²) in [5.74, 6) is -0.201. The van der Waals surface area contributed by atoms with Crippen LogP contribution in [0, 0.1) is 0 Å². The Morgan fingerprint density at radius 2 is 1.36 bits per heavy atom. The third-order valence-corrected chi connectivity index (χ3v) is 7.64. The van der Waals surface area contributed by atoms with Crippen LogP contribution in [0.1, 0.15) is 15.9 Å². The van der Waals surface area contributed by atoms with Crippen LogP contribution >= 0.6 is 11.8 Å². The van der Waals surface area contributed by atoms with Crippen molar-refractivity contribution in [1.29, 1.82) is 0 Å². The third kappa shape index (κ3) is 8.49. The fourth-order valence-electron chi connectivity index (χ4n) is 4.50. The van der Waals surface area contributed by atoms with Gasteiger partial charge in [0.1, 0.15) is 11.4 Å². The molecular formula is C37H31N3O4S. The number of carbonyl (C=O) groups is 3. The summed E-state index contributed by atoms with van der Waals surface area (Å²) in [5.41, 5.74) is 3.24. The molecule has 0 aliphatic heterocycles. The third-order valence-electron chi connectivity index (χ3n) is 6.67. The Hall–Kier alpha value is -5.60. The van der Waals surface area contributed by atoms with Gasteiger partial charge in [0.15, 0.2) is 0 Å². The molecule has 3 amide bonds. The van der Waals surface area contributed by atoms with Gasteiger partial charge in [0, 0.05) is 27.5 Å². The quantitative estimate of drug-likeness (QED) is 0.119. The highest BCUT2D eigenvalue weighted by molar-refractivity contribution is 8.00. The minimum absolute atomic E-state index is 0.0618. The number of methoxy groups -OCH3 is 1. The zero-order chi connectivity index (χ0) is 31.4. The molecule has 0 fully saturated rings. The number of anilines is 3. The molecule has 224 valence electrons. The summed E-state index contributed by atoms with van der Waals surface area (Å²) in [4.78, 5) is 42.5. The summed E-state index contributed by atoms with van der Waals surface area (Å²) in [5, 5.41) is 5.64. The average molecular weight is 614 g/mol. The zero-order valence-corrected chi connectivity index (χ0v) is 25.4. The van der Waals surface area contributed by atoms with Crippen molar-refractivity contribution in [3.8, 4) is 5.75 Å². The van der Waals surface area contributed by atoms with Gasteiger partial charge in [-0.2, -0.15) is 0 Å². The highest BCUT2D eigenvalue weighted by Gasteiger charge is 2.19. The Morgan fingerprint density at radius 1 is 0.733 bits per heavy atom. The minimum Gasteiger partial charge on any atom is -0.497 e. The van der Waals surface area contributed by atoms with Gasteiger partial charge in [0.25, 0.3) is 11.8 Å². The van der Waals surface area contributed by atoms with E-state index in [1.807, 2.05) is 84.9 Å². The van der Waals surface area contributed by atoms with Crippen molar-refractivity contribution in [3.05, 3.63) is 156 Å². The van der Waals surface area contributed by atoms with Gasteiger partial charge in [-0.25, -0.2) is 0 Å². The molecule has 5 aromatic rings. The van der Waals surface area contributed by atoms with Gasteiger partial charge in [-0.3, -0.25) is 19.3 Å². The zero-order valence-electron chi connectivity index (χ0n) is 24.6. The van der Waals surface area contributed by atoms with Crippen molar-refractivity contribution < 1.29 is 19.1 Å². The van der Waals surface area contributed by atoms with Gasteiger partial charge in [0.05, 0.1) is 12.9 Å². The Kier molecular flexibility index (Phi) is 10.4. The summed E-state index contributed by atoms with van der Waals surface area (Å²) in [6.07, 6.45) is 1.59. The van der Waals surface area contributed by atoms with E-state index in [-0.39, 0.29) is 17.4 Å². The molecule has 2 N–H and O–H groups in total. The van der Waals surface area contributed by atoms with E-state index in [2.05, 4.69) is 10.6 Å². The van der Waals surface area contributed by atoms with Crippen LogP contribution in [-0.2, 0) is 9.59 Å². The molecule has 0 aromatic heterocycles. The van der Waals surface area contributed by atoms with E-state index in [0.29, 0.717) is 22.6 Å². The lowest BCUT2D eigenvalue weighted by molar-refractivity contribution is -0.115. The molecule has 0 aliphatic carbocycles. The van der Waals surface area contributed by atoms with Crippen molar-refractivity contribution in [2.45, 2.75) is 4.90 Å². The molecule has 0 saturated carbocycles. The van der Waals surface area contributed by atoms with E-state index in [1.54, 1.807) is 72.7 Å². The number of carbonyl (C=O) groups excluding carboxylic acids is 3. The number of hydrogen-bond donors (Lipinski definition) is 2. The number of para-hydroxylation sites is 2. The van der Waals surface area contributed by atoms with E-state index >= 15 is 0 Å². The molecule has 0 atom stereocenters. The Morgan fingerprint density at radius 3 is 2.00 bits per heavy atom. The minimum atomic E-state index is -0.500. The number of nitrogens with one attached hydrogen (secondary N) is 2. The molecule has 5 rings (SSSR count). The molecule has 0 bridgehead atoms. The van der Waals surface area contributed by atoms with Crippen molar-refractivity contribution in [1.82, 2.24) is 5.32 Å². The molecule has 0 aliphatic rings. The van der Waals surface area contributed by atoms with Crippen LogP contribution in [0.25, 0.3) is 6.08 Å². The van der Waals surface area contributed by atoms with Gasteiger partial charge in [-0.1, -0.05) is 72.8 Å². The second-order valence-corrected chi connectivity index (χ2v) is 10.9. The summed E-state index contributed by atoms with van der Waals surface area (Å²) >= 11 is 1.37. The van der Waals surface area contributed by atoms with Crippen LogP contribution < -0.4 is 20.3 Å². The lowest BCUT2D eigenvalue weighted by Crippen LogP contribution is -2.30. The predicted octanol–water partition coefficient (Wildman–Crippen LogP) is 7.56. The fraction of sp³-hybridized carbons (Fsp3) is 0.0541. The van der Waals surface area contributed by atoms with Gasteiger partial charge in [0.2, 0.25) is 5.91 Å². The number of amides is 3. The molecule has 0 spiro atoms. The molecule has 0 saturated heterocycles. The highest BCUT2D eigenvalue weighted by atomic mass is 32.2. The largest absolute Gasteiger partial charge is 0.497 e. The number of nitrogens with zero attached hydrogens (tertiary/aromatic N) is 1. The first kappa shape index (κ1) is 30.8. The normalized spacial score (nSPS) is 10.9. The maximum Gasteiger partial charge on any atom is 0.272 e. The molecular weight excluding hydrogens is 582 g/mol. The Balaban J connectivity index is 1.32. The smallest absolute Gasteiger partial charge is 0.272 e.